The second-order valence-electron chi connectivity index (χ2n) is 4.98. The molecule has 0 aromatic heterocycles. The molecule has 0 amide bonds. The van der Waals surface area contributed by atoms with Crippen LogP contribution >= 0.6 is 0 Å². The molecule has 0 fully saturated rings. The summed E-state index contributed by atoms with van der Waals surface area (Å²) in [4.78, 5) is 0. The van der Waals surface area contributed by atoms with Crippen molar-refractivity contribution in [1.82, 2.24) is 0 Å². The van der Waals surface area contributed by atoms with Gasteiger partial charge >= 0.3 is 0 Å². The Balaban J connectivity index is 2.89. The van der Waals surface area contributed by atoms with Gasteiger partial charge < -0.3 is 5.73 Å². The van der Waals surface area contributed by atoms with Gasteiger partial charge in [-0.1, -0.05) is 52.0 Å². The fourth-order valence-corrected chi connectivity index (χ4v) is 1.49. The van der Waals surface area contributed by atoms with Gasteiger partial charge in [0.05, 0.1) is 0 Å². The van der Waals surface area contributed by atoms with Crippen molar-refractivity contribution in [2.75, 3.05) is 0 Å². The lowest BCUT2D eigenvalue weighted by atomic mass is 9.86. The molecule has 0 bridgehead atoms. The first-order valence-corrected chi connectivity index (χ1v) is 5.38. The van der Waals surface area contributed by atoms with Gasteiger partial charge in [0.25, 0.3) is 0 Å². The number of benzene rings is 1. The largest absolute Gasteiger partial charge is 0.351 e. The second-order valence-corrected chi connectivity index (χ2v) is 4.98. The molecule has 0 spiro atoms. The van der Waals surface area contributed by atoms with Gasteiger partial charge in [-0.15, -0.1) is 0 Å². The fourth-order valence-electron chi connectivity index (χ4n) is 1.49. The maximum atomic E-state index is 4.12. The van der Waals surface area contributed by atoms with E-state index in [0.717, 1.165) is 6.42 Å². The predicted molar refractivity (Wildman–Crippen MR) is 61.1 cm³/mol. The molecule has 0 aliphatic rings. The number of rotatable bonds is 2. The van der Waals surface area contributed by atoms with E-state index in [2.05, 4.69) is 57.7 Å². The van der Waals surface area contributed by atoms with Crippen molar-refractivity contribution in [2.45, 2.75) is 45.6 Å². The highest BCUT2D eigenvalue weighted by atomic mass is 14.6. The third-order valence-electron chi connectivity index (χ3n) is 2.74. The van der Waals surface area contributed by atoms with Crippen LogP contribution in [0.15, 0.2) is 24.3 Å². The van der Waals surface area contributed by atoms with Gasteiger partial charge in [0, 0.05) is 12.0 Å². The molecule has 1 atom stereocenters. The van der Waals surface area contributed by atoms with E-state index in [4.69, 9.17) is 0 Å². The predicted octanol–water partition coefficient (Wildman–Crippen LogP) is 2.68. The molecule has 0 unspecified atom stereocenters. The molecule has 0 aliphatic heterocycles. The molecule has 0 aliphatic carbocycles. The zero-order valence-electron chi connectivity index (χ0n) is 9.80. The smallest absolute Gasteiger partial charge is 0.110 e. The lowest BCUT2D eigenvalue weighted by Crippen LogP contribution is -2.53. The van der Waals surface area contributed by atoms with Gasteiger partial charge in [-0.3, -0.25) is 0 Å². The van der Waals surface area contributed by atoms with Crippen LogP contribution in [0.1, 0.15) is 51.3 Å². The molecule has 1 aromatic rings. The molecular weight excluding hydrogens is 170 g/mol. The minimum Gasteiger partial charge on any atom is -0.351 e. The Morgan fingerprint density at radius 1 is 1.14 bits per heavy atom. The molecule has 3 N–H and O–H groups in total. The summed E-state index contributed by atoms with van der Waals surface area (Å²) in [7, 11) is 0. The molecule has 0 saturated heterocycles. The first-order chi connectivity index (χ1) is 6.45. The Bertz CT molecular complexity index is 279. The van der Waals surface area contributed by atoms with Gasteiger partial charge in [-0.2, -0.15) is 0 Å². The van der Waals surface area contributed by atoms with Crippen molar-refractivity contribution in [3.8, 4) is 0 Å². The molecule has 14 heavy (non-hydrogen) atoms. The zero-order chi connectivity index (χ0) is 10.8. The standard InChI is InChI=1S/C13H21N/c1-5-12(14)10-6-8-11(9-7-10)13(2,3)4/h6-9,12H,5,14H2,1-4H3/p+1/t12-/m0/s1. The summed E-state index contributed by atoms with van der Waals surface area (Å²) >= 11 is 0. The van der Waals surface area contributed by atoms with Crippen LogP contribution in [0.5, 0.6) is 0 Å². The summed E-state index contributed by atoms with van der Waals surface area (Å²) in [6, 6.07) is 9.31. The van der Waals surface area contributed by atoms with Crippen LogP contribution in [0.2, 0.25) is 0 Å². The van der Waals surface area contributed by atoms with Crippen LogP contribution in [0.25, 0.3) is 0 Å². The summed E-state index contributed by atoms with van der Waals surface area (Å²) in [5, 5.41) is 0. The molecule has 0 saturated carbocycles. The van der Waals surface area contributed by atoms with Crippen molar-refractivity contribution in [2.24, 2.45) is 0 Å². The maximum Gasteiger partial charge on any atom is 0.110 e. The number of hydrogen-bond donors (Lipinski definition) is 1. The van der Waals surface area contributed by atoms with E-state index in [-0.39, 0.29) is 5.41 Å². The van der Waals surface area contributed by atoms with E-state index in [0.29, 0.717) is 6.04 Å². The summed E-state index contributed by atoms with van der Waals surface area (Å²) in [6.07, 6.45) is 1.11. The summed E-state index contributed by atoms with van der Waals surface area (Å²) < 4.78 is 0. The van der Waals surface area contributed by atoms with E-state index in [9.17, 15) is 0 Å². The third kappa shape index (κ3) is 2.58. The van der Waals surface area contributed by atoms with Crippen molar-refractivity contribution in [3.63, 3.8) is 0 Å². The van der Waals surface area contributed by atoms with Crippen molar-refractivity contribution in [1.29, 1.82) is 0 Å². The molecule has 1 rings (SSSR count). The van der Waals surface area contributed by atoms with E-state index >= 15 is 0 Å². The Morgan fingerprint density at radius 2 is 1.64 bits per heavy atom. The normalized spacial score (nSPS) is 14.1. The zero-order valence-corrected chi connectivity index (χ0v) is 9.80. The van der Waals surface area contributed by atoms with Crippen LogP contribution in [0.3, 0.4) is 0 Å². The summed E-state index contributed by atoms with van der Waals surface area (Å²) in [5.41, 5.74) is 7.11. The maximum absolute atomic E-state index is 4.12. The van der Waals surface area contributed by atoms with E-state index in [1.165, 1.54) is 11.1 Å². The van der Waals surface area contributed by atoms with E-state index in [1.54, 1.807) is 0 Å². The van der Waals surface area contributed by atoms with Crippen LogP contribution in [0, 0.1) is 0 Å². The number of hydrogen-bond acceptors (Lipinski definition) is 0. The minimum absolute atomic E-state index is 0.251. The highest BCUT2D eigenvalue weighted by molar-refractivity contribution is 5.28. The molecule has 0 radical (unpaired) electrons. The van der Waals surface area contributed by atoms with Gasteiger partial charge in [0.2, 0.25) is 0 Å². The van der Waals surface area contributed by atoms with Crippen LogP contribution in [0.4, 0.5) is 0 Å². The average molecular weight is 192 g/mol. The van der Waals surface area contributed by atoms with Crippen LogP contribution < -0.4 is 5.73 Å². The molecular formula is C13H22N+. The monoisotopic (exact) mass is 192 g/mol. The quantitative estimate of drug-likeness (QED) is 0.746. The third-order valence-corrected chi connectivity index (χ3v) is 2.74. The Kier molecular flexibility index (Phi) is 3.33. The van der Waals surface area contributed by atoms with Crippen LogP contribution in [-0.4, -0.2) is 0 Å². The lowest BCUT2D eigenvalue weighted by molar-refractivity contribution is -0.427. The van der Waals surface area contributed by atoms with Crippen molar-refractivity contribution in [3.05, 3.63) is 35.4 Å². The topological polar surface area (TPSA) is 27.6 Å². The minimum atomic E-state index is 0.251. The molecule has 1 aromatic carbocycles. The first kappa shape index (κ1) is 11.3. The van der Waals surface area contributed by atoms with Crippen molar-refractivity contribution < 1.29 is 5.73 Å². The number of quaternary nitrogens is 1. The Labute approximate surface area is 87.3 Å². The SMILES string of the molecule is CC[C@H]([NH3+])c1ccc(C(C)(C)C)cc1. The van der Waals surface area contributed by atoms with Gasteiger partial charge in [-0.05, 0) is 11.0 Å². The molecule has 1 heteroatoms. The van der Waals surface area contributed by atoms with Gasteiger partial charge in [-0.25, -0.2) is 0 Å². The van der Waals surface area contributed by atoms with Crippen LogP contribution in [-0.2, 0) is 5.41 Å². The highest BCUT2D eigenvalue weighted by Crippen LogP contribution is 2.23. The Morgan fingerprint density at radius 3 is 2.00 bits per heavy atom. The summed E-state index contributed by atoms with van der Waals surface area (Å²) in [6.45, 7) is 8.89. The van der Waals surface area contributed by atoms with Gasteiger partial charge in [0.15, 0.2) is 0 Å². The van der Waals surface area contributed by atoms with Gasteiger partial charge in [0.1, 0.15) is 6.04 Å². The first-order valence-electron chi connectivity index (χ1n) is 5.38. The average Bonchev–Trinajstić information content (AvgIpc) is 2.15. The second kappa shape index (κ2) is 4.14. The fraction of sp³-hybridized carbons (Fsp3) is 0.538. The Hall–Kier alpha value is -0.820. The van der Waals surface area contributed by atoms with E-state index in [1.807, 2.05) is 0 Å². The molecule has 1 nitrogen and oxygen atoms in total. The van der Waals surface area contributed by atoms with Crippen molar-refractivity contribution >= 4 is 0 Å². The van der Waals surface area contributed by atoms with E-state index < -0.39 is 0 Å². The summed E-state index contributed by atoms with van der Waals surface area (Å²) in [5.74, 6) is 0. The highest BCUT2D eigenvalue weighted by Gasteiger charge is 2.14. The molecule has 0 heterocycles. The molecule has 78 valence electrons. The lowest BCUT2D eigenvalue weighted by Gasteiger charge is -2.19.